The predicted molar refractivity (Wildman–Crippen MR) is 55.4 cm³/mol. The zero-order valence-electron chi connectivity index (χ0n) is 8.93. The van der Waals surface area contributed by atoms with Gasteiger partial charge in [-0.2, -0.15) is 0 Å². The molecule has 2 fully saturated rings. The maximum atomic E-state index is 9.06. The zero-order chi connectivity index (χ0) is 10.7. The first-order chi connectivity index (χ1) is 7.35. The third-order valence-electron chi connectivity index (χ3n) is 3.18. The third kappa shape index (κ3) is 2.89. The molecule has 0 spiro atoms. The lowest BCUT2D eigenvalue weighted by molar-refractivity contribution is -0.0275. The van der Waals surface area contributed by atoms with Crippen molar-refractivity contribution in [3.05, 3.63) is 0 Å². The van der Waals surface area contributed by atoms with Gasteiger partial charge < -0.3 is 14.9 Å². The van der Waals surface area contributed by atoms with Crippen LogP contribution in [0.3, 0.4) is 0 Å². The average Bonchev–Trinajstić information content (AvgIpc) is 3.10. The highest BCUT2D eigenvalue weighted by molar-refractivity contribution is 4.90. The summed E-state index contributed by atoms with van der Waals surface area (Å²) in [6.45, 7) is 3.62. The van der Waals surface area contributed by atoms with Crippen molar-refractivity contribution >= 4 is 0 Å². The third-order valence-corrected chi connectivity index (χ3v) is 3.18. The number of rotatable bonds is 5. The molecule has 2 heterocycles. The van der Waals surface area contributed by atoms with Gasteiger partial charge in [-0.15, -0.1) is 0 Å². The lowest BCUT2D eigenvalue weighted by Crippen LogP contribution is -2.49. The number of aliphatic hydroxyl groups is 2. The number of hydrogen-bond donors (Lipinski definition) is 3. The fourth-order valence-electron chi connectivity index (χ4n) is 2.16. The van der Waals surface area contributed by atoms with Crippen molar-refractivity contribution in [1.29, 1.82) is 0 Å². The van der Waals surface area contributed by atoms with E-state index in [0.29, 0.717) is 18.8 Å². The van der Waals surface area contributed by atoms with Crippen LogP contribution in [0.1, 0.15) is 6.42 Å². The second-order valence-electron chi connectivity index (χ2n) is 4.36. The van der Waals surface area contributed by atoms with Crippen LogP contribution in [0.15, 0.2) is 0 Å². The molecule has 2 aliphatic rings. The van der Waals surface area contributed by atoms with E-state index in [9.17, 15) is 0 Å². The Labute approximate surface area is 90.0 Å². The number of ether oxygens (including phenoxy) is 1. The minimum atomic E-state index is -0.0158. The Hall–Kier alpha value is -0.200. The zero-order valence-corrected chi connectivity index (χ0v) is 8.93. The summed E-state index contributed by atoms with van der Waals surface area (Å²) in [5.74, 6) is -0.0158. The van der Waals surface area contributed by atoms with Crippen molar-refractivity contribution in [3.8, 4) is 0 Å². The Kier molecular flexibility index (Phi) is 3.93. The second-order valence-corrected chi connectivity index (χ2v) is 4.36. The van der Waals surface area contributed by atoms with Crippen molar-refractivity contribution < 1.29 is 14.9 Å². The molecule has 0 saturated carbocycles. The quantitative estimate of drug-likeness (QED) is 0.493. The van der Waals surface area contributed by atoms with E-state index in [1.807, 2.05) is 0 Å². The van der Waals surface area contributed by atoms with Gasteiger partial charge in [0.25, 0.3) is 0 Å². The Morgan fingerprint density at radius 2 is 2.13 bits per heavy atom. The highest BCUT2D eigenvalue weighted by atomic mass is 16.5. The van der Waals surface area contributed by atoms with Gasteiger partial charge in [0.05, 0.1) is 19.4 Å². The Bertz CT molecular complexity index is 195. The van der Waals surface area contributed by atoms with Crippen molar-refractivity contribution in [2.45, 2.75) is 18.6 Å². The number of hydrogen-bond acceptors (Lipinski definition) is 5. The predicted octanol–water partition coefficient (Wildman–Crippen LogP) is -1.39. The average molecular weight is 216 g/mol. The van der Waals surface area contributed by atoms with E-state index in [2.05, 4.69) is 10.2 Å². The smallest absolute Gasteiger partial charge is 0.0731 e. The monoisotopic (exact) mass is 216 g/mol. The molecule has 0 aromatic heterocycles. The fourth-order valence-corrected chi connectivity index (χ4v) is 2.16. The minimum Gasteiger partial charge on any atom is -0.396 e. The molecule has 0 radical (unpaired) electrons. The van der Waals surface area contributed by atoms with Crippen LogP contribution in [-0.2, 0) is 4.74 Å². The van der Waals surface area contributed by atoms with Crippen LogP contribution >= 0.6 is 0 Å². The van der Waals surface area contributed by atoms with Gasteiger partial charge in [-0.1, -0.05) is 0 Å². The summed E-state index contributed by atoms with van der Waals surface area (Å²) >= 11 is 0. The van der Waals surface area contributed by atoms with Gasteiger partial charge in [0.1, 0.15) is 0 Å². The molecular weight excluding hydrogens is 196 g/mol. The van der Waals surface area contributed by atoms with Gasteiger partial charge in [-0.3, -0.25) is 10.2 Å². The van der Waals surface area contributed by atoms with Crippen molar-refractivity contribution in [3.63, 3.8) is 0 Å². The van der Waals surface area contributed by atoms with Gasteiger partial charge in [-0.05, 0) is 6.42 Å². The maximum Gasteiger partial charge on any atom is 0.0731 e. The van der Waals surface area contributed by atoms with Crippen molar-refractivity contribution in [2.75, 3.05) is 39.5 Å². The number of aliphatic hydroxyl groups excluding tert-OH is 2. The Morgan fingerprint density at radius 1 is 1.40 bits per heavy atom. The van der Waals surface area contributed by atoms with E-state index >= 15 is 0 Å². The van der Waals surface area contributed by atoms with Gasteiger partial charge in [0.15, 0.2) is 0 Å². The van der Waals surface area contributed by atoms with E-state index in [-0.39, 0.29) is 19.1 Å². The van der Waals surface area contributed by atoms with Gasteiger partial charge in [0, 0.05) is 38.3 Å². The molecule has 15 heavy (non-hydrogen) atoms. The molecule has 5 heteroatoms. The SMILES string of the molecule is OCC(CO)CC1COCCN1C1CN1. The molecular formula is C10H20N2O3. The van der Waals surface area contributed by atoms with Gasteiger partial charge in [-0.25, -0.2) is 0 Å². The molecule has 0 aromatic carbocycles. The summed E-state index contributed by atoms with van der Waals surface area (Å²) < 4.78 is 5.45. The summed E-state index contributed by atoms with van der Waals surface area (Å²) in [5.41, 5.74) is 0. The molecule has 2 saturated heterocycles. The van der Waals surface area contributed by atoms with Crippen LogP contribution in [0.2, 0.25) is 0 Å². The van der Waals surface area contributed by atoms with E-state index in [1.165, 1.54) is 0 Å². The first-order valence-corrected chi connectivity index (χ1v) is 5.63. The van der Waals surface area contributed by atoms with Crippen LogP contribution < -0.4 is 5.32 Å². The molecule has 0 aliphatic carbocycles. The van der Waals surface area contributed by atoms with E-state index in [1.54, 1.807) is 0 Å². The van der Waals surface area contributed by atoms with E-state index in [0.717, 1.165) is 26.1 Å². The Balaban J connectivity index is 1.86. The second kappa shape index (κ2) is 5.23. The summed E-state index contributed by atoms with van der Waals surface area (Å²) in [6, 6.07) is 0.336. The molecule has 0 aromatic rings. The van der Waals surface area contributed by atoms with Crippen LogP contribution in [0.25, 0.3) is 0 Å². The first-order valence-electron chi connectivity index (χ1n) is 5.63. The van der Waals surface area contributed by atoms with Crippen molar-refractivity contribution in [2.24, 2.45) is 5.92 Å². The summed E-state index contributed by atoms with van der Waals surface area (Å²) in [5, 5.41) is 21.4. The van der Waals surface area contributed by atoms with E-state index in [4.69, 9.17) is 14.9 Å². The molecule has 0 bridgehead atoms. The molecule has 2 atom stereocenters. The molecule has 2 unspecified atom stereocenters. The molecule has 88 valence electrons. The standard InChI is InChI=1S/C10H20N2O3/c13-5-8(6-14)3-9-7-15-2-1-12(9)10-4-11-10/h8-11,13-14H,1-7H2. The molecule has 2 rings (SSSR count). The fraction of sp³-hybridized carbons (Fsp3) is 1.00. The summed E-state index contributed by atoms with van der Waals surface area (Å²) in [4.78, 5) is 2.39. The van der Waals surface area contributed by atoms with E-state index < -0.39 is 0 Å². The number of nitrogens with one attached hydrogen (secondary N) is 1. The topological polar surface area (TPSA) is 74.9 Å². The highest BCUT2D eigenvalue weighted by Crippen LogP contribution is 2.20. The molecule has 0 amide bonds. The lowest BCUT2D eigenvalue weighted by Gasteiger charge is -2.36. The van der Waals surface area contributed by atoms with Crippen molar-refractivity contribution in [1.82, 2.24) is 10.2 Å². The first kappa shape index (κ1) is 11.3. The van der Waals surface area contributed by atoms with Crippen LogP contribution in [0.4, 0.5) is 0 Å². The number of morpholine rings is 1. The Morgan fingerprint density at radius 3 is 2.73 bits per heavy atom. The van der Waals surface area contributed by atoms with Gasteiger partial charge >= 0.3 is 0 Å². The van der Waals surface area contributed by atoms with Crippen LogP contribution in [0, 0.1) is 5.92 Å². The summed E-state index contributed by atoms with van der Waals surface area (Å²) in [6.07, 6.45) is 1.31. The number of nitrogens with zero attached hydrogens (tertiary/aromatic N) is 1. The van der Waals surface area contributed by atoms with Crippen LogP contribution in [0.5, 0.6) is 0 Å². The largest absolute Gasteiger partial charge is 0.396 e. The van der Waals surface area contributed by atoms with Crippen LogP contribution in [-0.4, -0.2) is 66.8 Å². The normalized spacial score (nSPS) is 32.2. The lowest BCUT2D eigenvalue weighted by atomic mass is 10.00. The molecule has 2 aliphatic heterocycles. The minimum absolute atomic E-state index is 0.0158. The van der Waals surface area contributed by atoms with Gasteiger partial charge in [0.2, 0.25) is 0 Å². The highest BCUT2D eigenvalue weighted by Gasteiger charge is 2.36. The summed E-state index contributed by atoms with van der Waals surface area (Å²) in [7, 11) is 0. The molecule has 3 N–H and O–H groups in total. The molecule has 5 nitrogen and oxygen atoms in total. The maximum absolute atomic E-state index is 9.06.